The first-order chi connectivity index (χ1) is 6.74. The molecule has 3 atom stereocenters. The Labute approximate surface area is 84.4 Å². The highest BCUT2D eigenvalue weighted by molar-refractivity contribution is 5.68. The molecule has 0 aromatic rings. The zero-order chi connectivity index (χ0) is 10.1. The monoisotopic (exact) mass is 198 g/mol. The summed E-state index contributed by atoms with van der Waals surface area (Å²) < 4.78 is 5.12. The van der Waals surface area contributed by atoms with Gasteiger partial charge in [-0.05, 0) is 18.3 Å². The molecular weight excluding hydrogens is 180 g/mol. The second-order valence-electron chi connectivity index (χ2n) is 4.28. The Bertz CT molecular complexity index is 220. The van der Waals surface area contributed by atoms with E-state index in [-0.39, 0.29) is 6.09 Å². The van der Waals surface area contributed by atoms with Crippen LogP contribution in [0, 0.1) is 11.8 Å². The lowest BCUT2D eigenvalue weighted by Gasteiger charge is -2.18. The first kappa shape index (κ1) is 9.77. The summed E-state index contributed by atoms with van der Waals surface area (Å²) in [5, 5.41) is 0. The fourth-order valence-electron chi connectivity index (χ4n) is 2.12. The second kappa shape index (κ2) is 3.77. The summed E-state index contributed by atoms with van der Waals surface area (Å²) in [7, 11) is 0. The first-order valence-corrected chi connectivity index (χ1v) is 5.41. The lowest BCUT2D eigenvalue weighted by Crippen LogP contribution is -2.34. The van der Waals surface area contributed by atoms with Crippen LogP contribution < -0.4 is 5.73 Å². The number of ether oxygens (including phenoxy) is 1. The maximum absolute atomic E-state index is 11.5. The van der Waals surface area contributed by atoms with Crippen LogP contribution in [0.15, 0.2) is 0 Å². The van der Waals surface area contributed by atoms with Gasteiger partial charge in [0.2, 0.25) is 0 Å². The number of fused-ring (bicyclic) bond motifs is 1. The van der Waals surface area contributed by atoms with E-state index in [4.69, 9.17) is 10.5 Å². The summed E-state index contributed by atoms with van der Waals surface area (Å²) in [4.78, 5) is 13.2. The average Bonchev–Trinajstić information content (AvgIpc) is 2.67. The van der Waals surface area contributed by atoms with Crippen molar-refractivity contribution in [1.29, 1.82) is 0 Å². The molecule has 4 heteroatoms. The molecule has 1 aliphatic heterocycles. The van der Waals surface area contributed by atoms with E-state index >= 15 is 0 Å². The number of nitrogens with two attached hydrogens (primary N) is 1. The second-order valence-corrected chi connectivity index (χ2v) is 4.28. The Morgan fingerprint density at radius 1 is 1.50 bits per heavy atom. The summed E-state index contributed by atoms with van der Waals surface area (Å²) in [6.07, 6.45) is 1.85. The molecule has 0 radical (unpaired) electrons. The predicted molar refractivity (Wildman–Crippen MR) is 52.8 cm³/mol. The fraction of sp³-hybridized carbons (Fsp3) is 0.900. The molecule has 2 fully saturated rings. The number of nitrogens with zero attached hydrogens (tertiary/aromatic N) is 1. The van der Waals surface area contributed by atoms with Gasteiger partial charge in [-0.25, -0.2) is 4.79 Å². The van der Waals surface area contributed by atoms with Crippen LogP contribution in [0.1, 0.15) is 19.8 Å². The third kappa shape index (κ3) is 1.71. The van der Waals surface area contributed by atoms with Crippen molar-refractivity contribution in [3.05, 3.63) is 0 Å². The van der Waals surface area contributed by atoms with Gasteiger partial charge >= 0.3 is 6.09 Å². The van der Waals surface area contributed by atoms with Crippen LogP contribution in [0.4, 0.5) is 4.79 Å². The smallest absolute Gasteiger partial charge is 0.409 e. The fourth-order valence-corrected chi connectivity index (χ4v) is 2.12. The predicted octanol–water partition coefficient (Wildman–Crippen LogP) is 0.812. The van der Waals surface area contributed by atoms with E-state index in [9.17, 15) is 4.79 Å². The summed E-state index contributed by atoms with van der Waals surface area (Å²) in [5.41, 5.74) is 5.78. The molecule has 0 aromatic heterocycles. The number of carbonyl (C=O) groups excluding carboxylic acids is 1. The minimum Gasteiger partial charge on any atom is -0.449 e. The largest absolute Gasteiger partial charge is 0.449 e. The summed E-state index contributed by atoms with van der Waals surface area (Å²) in [6.45, 7) is 4.23. The van der Waals surface area contributed by atoms with E-state index in [1.807, 2.05) is 0 Å². The van der Waals surface area contributed by atoms with E-state index in [1.54, 1.807) is 4.90 Å². The number of rotatable bonds is 3. The number of likely N-dealkylation sites (tertiary alicyclic amines) is 1. The molecule has 1 aliphatic carbocycles. The summed E-state index contributed by atoms with van der Waals surface area (Å²) >= 11 is 0. The van der Waals surface area contributed by atoms with Crippen molar-refractivity contribution in [3.8, 4) is 0 Å². The molecule has 1 amide bonds. The molecule has 1 heterocycles. The average molecular weight is 198 g/mol. The van der Waals surface area contributed by atoms with Crippen molar-refractivity contribution >= 4 is 6.09 Å². The number of hydrogen-bond acceptors (Lipinski definition) is 3. The minimum absolute atomic E-state index is 0.155. The first-order valence-electron chi connectivity index (χ1n) is 5.41. The maximum Gasteiger partial charge on any atom is 0.409 e. The molecule has 14 heavy (non-hydrogen) atoms. The molecule has 2 N–H and O–H groups in total. The van der Waals surface area contributed by atoms with Gasteiger partial charge in [0.25, 0.3) is 0 Å². The zero-order valence-corrected chi connectivity index (χ0v) is 8.61. The molecule has 80 valence electrons. The number of carbonyl (C=O) groups is 1. The van der Waals surface area contributed by atoms with Gasteiger partial charge in [0.1, 0.15) is 0 Å². The van der Waals surface area contributed by atoms with Gasteiger partial charge in [0.05, 0.1) is 6.61 Å². The highest BCUT2D eigenvalue weighted by Crippen LogP contribution is 2.43. The standard InChI is InChI=1S/C10H18N2O2/c1-2-3-4-14-10(13)12-5-7-8(6-12)9(7)11/h7-9H,2-6,11H2,1H3/t7-,8+,9?. The lowest BCUT2D eigenvalue weighted by molar-refractivity contribution is 0.105. The van der Waals surface area contributed by atoms with Crippen molar-refractivity contribution in [2.24, 2.45) is 17.6 Å². The molecule has 0 aromatic carbocycles. The molecule has 4 nitrogen and oxygen atoms in total. The van der Waals surface area contributed by atoms with Crippen molar-refractivity contribution in [1.82, 2.24) is 4.90 Å². The number of amides is 1. The van der Waals surface area contributed by atoms with Crippen LogP contribution in [-0.4, -0.2) is 36.7 Å². The Morgan fingerprint density at radius 2 is 2.14 bits per heavy atom. The highest BCUT2D eigenvalue weighted by Gasteiger charge is 2.54. The van der Waals surface area contributed by atoms with Crippen molar-refractivity contribution in [3.63, 3.8) is 0 Å². The van der Waals surface area contributed by atoms with Gasteiger partial charge in [-0.15, -0.1) is 0 Å². The lowest BCUT2D eigenvalue weighted by atomic mass is 10.4. The number of hydrogen-bond donors (Lipinski definition) is 1. The Morgan fingerprint density at radius 3 is 2.71 bits per heavy atom. The number of unbranched alkanes of at least 4 members (excludes halogenated alkanes) is 1. The third-order valence-corrected chi connectivity index (χ3v) is 3.24. The van der Waals surface area contributed by atoms with Gasteiger partial charge in [-0.3, -0.25) is 0 Å². The SMILES string of the molecule is CCCCOC(=O)N1C[C@@H]2C(N)[C@@H]2C1. The van der Waals surface area contributed by atoms with Gasteiger partial charge in [0, 0.05) is 19.1 Å². The van der Waals surface area contributed by atoms with Gasteiger partial charge in [0.15, 0.2) is 0 Å². The van der Waals surface area contributed by atoms with Crippen LogP contribution in [0.25, 0.3) is 0 Å². The molecule has 2 aliphatic rings. The Hall–Kier alpha value is -0.770. The van der Waals surface area contributed by atoms with Crippen LogP contribution >= 0.6 is 0 Å². The number of piperidine rings is 1. The van der Waals surface area contributed by atoms with Crippen LogP contribution in [0.3, 0.4) is 0 Å². The van der Waals surface area contributed by atoms with Crippen molar-refractivity contribution < 1.29 is 9.53 Å². The van der Waals surface area contributed by atoms with Crippen LogP contribution in [0.2, 0.25) is 0 Å². The summed E-state index contributed by atoms with van der Waals surface area (Å²) in [6, 6.07) is 0.342. The van der Waals surface area contributed by atoms with Crippen LogP contribution in [0.5, 0.6) is 0 Å². The van der Waals surface area contributed by atoms with Gasteiger partial charge < -0.3 is 15.4 Å². The van der Waals surface area contributed by atoms with E-state index in [1.165, 1.54) is 0 Å². The highest BCUT2D eigenvalue weighted by atomic mass is 16.6. The van der Waals surface area contributed by atoms with Crippen molar-refractivity contribution in [2.75, 3.05) is 19.7 Å². The van der Waals surface area contributed by atoms with Gasteiger partial charge in [-0.2, -0.15) is 0 Å². The van der Waals surface area contributed by atoms with Crippen LogP contribution in [-0.2, 0) is 4.74 Å². The van der Waals surface area contributed by atoms with Crippen molar-refractivity contribution in [2.45, 2.75) is 25.8 Å². The normalized spacial score (nSPS) is 34.1. The third-order valence-electron chi connectivity index (χ3n) is 3.24. The zero-order valence-electron chi connectivity index (χ0n) is 8.61. The molecule has 1 saturated heterocycles. The van der Waals surface area contributed by atoms with E-state index < -0.39 is 0 Å². The quantitative estimate of drug-likeness (QED) is 0.683. The maximum atomic E-state index is 11.5. The van der Waals surface area contributed by atoms with E-state index in [0.29, 0.717) is 24.5 Å². The topological polar surface area (TPSA) is 55.6 Å². The Balaban J connectivity index is 1.68. The van der Waals surface area contributed by atoms with E-state index in [0.717, 1.165) is 25.9 Å². The van der Waals surface area contributed by atoms with Gasteiger partial charge in [-0.1, -0.05) is 13.3 Å². The molecular formula is C10H18N2O2. The molecule has 0 bridgehead atoms. The molecule has 1 saturated carbocycles. The molecule has 2 rings (SSSR count). The molecule has 1 unspecified atom stereocenters. The minimum atomic E-state index is -0.155. The summed E-state index contributed by atoms with van der Waals surface area (Å²) in [5.74, 6) is 1.10. The Kier molecular flexibility index (Phi) is 2.63. The van der Waals surface area contributed by atoms with E-state index in [2.05, 4.69) is 6.92 Å². The molecule has 0 spiro atoms.